The molecule has 0 aromatic heterocycles. The Kier molecular flexibility index (Phi) is 3.66. The number of rotatable bonds is 2. The topological polar surface area (TPSA) is 19.9 Å². The number of benzene rings is 1. The number of halogens is 1. The van der Waals surface area contributed by atoms with E-state index in [4.69, 9.17) is 11.6 Å². The van der Waals surface area contributed by atoms with Gasteiger partial charge in [0.15, 0.2) is 0 Å². The van der Waals surface area contributed by atoms with Gasteiger partial charge in [0, 0.05) is 11.8 Å². The summed E-state index contributed by atoms with van der Waals surface area (Å²) in [5.74, 6) is 2.74. The monoisotopic (exact) mass is 179 g/mol. The molecule has 61 valence electrons. The van der Waals surface area contributed by atoms with Crippen LogP contribution in [0, 0.1) is 11.3 Å². The Morgan fingerprint density at radius 3 is 2.25 bits per heavy atom. The smallest absolute Gasteiger partial charge is 0.107 e. The van der Waals surface area contributed by atoms with Crippen LogP contribution >= 0.6 is 11.6 Å². The average Bonchev–Trinajstić information content (AvgIpc) is 2.15. The van der Waals surface area contributed by atoms with Gasteiger partial charge in [-0.25, -0.2) is 5.11 Å². The molecule has 0 aliphatic heterocycles. The normalized spacial score (nSPS) is 8.83. The third-order valence-electron chi connectivity index (χ3n) is 1.55. The summed E-state index contributed by atoms with van der Waals surface area (Å²) in [5, 5.41) is 12.7. The molecule has 0 heterocycles. The van der Waals surface area contributed by atoms with Crippen LogP contribution in [0.2, 0.25) is 0 Å². The van der Waals surface area contributed by atoms with Gasteiger partial charge in [-0.05, 0) is 22.7 Å². The van der Waals surface area contributed by atoms with E-state index in [1.807, 2.05) is 24.3 Å². The Bertz CT molecular complexity index is 292. The van der Waals surface area contributed by atoms with Crippen LogP contribution in [0.5, 0.6) is 0 Å². The van der Waals surface area contributed by atoms with Gasteiger partial charge in [0.1, 0.15) is 6.61 Å². The van der Waals surface area contributed by atoms with Crippen LogP contribution in [0.3, 0.4) is 0 Å². The maximum absolute atomic E-state index is 10.4. The summed E-state index contributed by atoms with van der Waals surface area (Å²) in [6.07, 6.45) is 0.642. The highest BCUT2D eigenvalue weighted by molar-refractivity contribution is 6.30. The van der Waals surface area contributed by atoms with E-state index in [9.17, 15) is 5.11 Å². The van der Waals surface area contributed by atoms with Crippen molar-refractivity contribution in [2.45, 2.75) is 13.0 Å². The molecule has 1 radical (unpaired) electrons. The molecule has 0 bridgehead atoms. The molecule has 1 nitrogen and oxygen atoms in total. The van der Waals surface area contributed by atoms with E-state index in [0.717, 1.165) is 11.1 Å². The van der Waals surface area contributed by atoms with E-state index < -0.39 is 0 Å². The molecule has 0 aliphatic rings. The molecule has 0 N–H and O–H groups in total. The quantitative estimate of drug-likeness (QED) is 0.622. The molecule has 0 saturated carbocycles. The molecule has 1 aromatic carbocycles. The highest BCUT2D eigenvalue weighted by atomic mass is 35.5. The van der Waals surface area contributed by atoms with Crippen molar-refractivity contribution in [2.75, 3.05) is 0 Å². The molecular weight excluding hydrogens is 172 g/mol. The summed E-state index contributed by atoms with van der Waals surface area (Å²) in [6, 6.07) is 7.43. The summed E-state index contributed by atoms with van der Waals surface area (Å²) >= 11 is 5.20. The Morgan fingerprint density at radius 1 is 1.17 bits per heavy atom. The Hall–Kier alpha value is -0.970. The lowest BCUT2D eigenvalue weighted by molar-refractivity contribution is 0.177. The van der Waals surface area contributed by atoms with Crippen molar-refractivity contribution in [3.8, 4) is 11.3 Å². The van der Waals surface area contributed by atoms with Gasteiger partial charge in [0.05, 0.1) is 0 Å². The fourth-order valence-electron chi connectivity index (χ4n) is 0.889. The zero-order valence-electron chi connectivity index (χ0n) is 6.51. The van der Waals surface area contributed by atoms with Crippen LogP contribution in [0.1, 0.15) is 11.1 Å². The molecule has 12 heavy (non-hydrogen) atoms. The second-order valence-corrected chi connectivity index (χ2v) is 2.60. The molecule has 0 atom stereocenters. The van der Waals surface area contributed by atoms with Crippen molar-refractivity contribution in [3.05, 3.63) is 35.4 Å². The zero-order valence-corrected chi connectivity index (χ0v) is 7.27. The summed E-state index contributed by atoms with van der Waals surface area (Å²) in [6.45, 7) is -0.165. The van der Waals surface area contributed by atoms with Crippen molar-refractivity contribution in [1.29, 1.82) is 0 Å². The number of hydrogen-bond acceptors (Lipinski definition) is 0. The fraction of sp³-hybridized carbons (Fsp3) is 0.200. The van der Waals surface area contributed by atoms with Crippen LogP contribution in [0.15, 0.2) is 24.3 Å². The lowest BCUT2D eigenvalue weighted by Gasteiger charge is -1.96. The zero-order chi connectivity index (χ0) is 8.81. The predicted molar refractivity (Wildman–Crippen MR) is 48.2 cm³/mol. The minimum atomic E-state index is -0.165. The van der Waals surface area contributed by atoms with Crippen molar-refractivity contribution in [1.82, 2.24) is 0 Å². The van der Waals surface area contributed by atoms with Gasteiger partial charge < -0.3 is 0 Å². The van der Waals surface area contributed by atoms with E-state index in [2.05, 4.69) is 11.3 Å². The molecule has 1 aromatic rings. The van der Waals surface area contributed by atoms with Gasteiger partial charge in [-0.2, -0.15) is 0 Å². The first kappa shape index (κ1) is 9.12. The fourth-order valence-corrected chi connectivity index (χ4v) is 0.956. The highest BCUT2D eigenvalue weighted by Crippen LogP contribution is 2.04. The van der Waals surface area contributed by atoms with E-state index in [1.54, 1.807) is 0 Å². The van der Waals surface area contributed by atoms with Crippen molar-refractivity contribution in [3.63, 3.8) is 0 Å². The van der Waals surface area contributed by atoms with Gasteiger partial charge in [-0.15, -0.1) is 0 Å². The highest BCUT2D eigenvalue weighted by Gasteiger charge is 1.91. The Morgan fingerprint density at radius 2 is 1.75 bits per heavy atom. The van der Waals surface area contributed by atoms with Gasteiger partial charge in [0.2, 0.25) is 0 Å². The summed E-state index contributed by atoms with van der Waals surface area (Å²) < 4.78 is 0. The molecule has 0 aliphatic carbocycles. The summed E-state index contributed by atoms with van der Waals surface area (Å²) in [5.41, 5.74) is 1.89. The predicted octanol–water partition coefficient (Wildman–Crippen LogP) is 2.36. The third kappa shape index (κ3) is 2.58. The van der Waals surface area contributed by atoms with Crippen molar-refractivity contribution < 1.29 is 5.11 Å². The molecule has 1 rings (SSSR count). The molecule has 0 saturated heterocycles. The van der Waals surface area contributed by atoms with E-state index in [0.29, 0.717) is 6.42 Å². The lowest BCUT2D eigenvalue weighted by atomic mass is 10.1. The minimum Gasteiger partial charge on any atom is -0.232 e. The minimum absolute atomic E-state index is 0.165. The molecule has 0 fully saturated rings. The second kappa shape index (κ2) is 4.82. The largest absolute Gasteiger partial charge is 0.232 e. The molecule has 0 spiro atoms. The van der Waals surface area contributed by atoms with Crippen LogP contribution in [-0.4, -0.2) is 0 Å². The average molecular weight is 180 g/mol. The first-order chi connectivity index (χ1) is 5.86. The van der Waals surface area contributed by atoms with Gasteiger partial charge >= 0.3 is 0 Å². The van der Waals surface area contributed by atoms with Gasteiger partial charge in [-0.1, -0.05) is 30.2 Å². The van der Waals surface area contributed by atoms with Crippen molar-refractivity contribution in [2.24, 2.45) is 0 Å². The van der Waals surface area contributed by atoms with E-state index in [1.165, 1.54) is 0 Å². The van der Waals surface area contributed by atoms with Crippen LogP contribution in [0.25, 0.3) is 0 Å². The number of hydrogen-bond donors (Lipinski definition) is 0. The molecule has 0 amide bonds. The summed E-state index contributed by atoms with van der Waals surface area (Å²) in [7, 11) is 0. The first-order valence-corrected chi connectivity index (χ1v) is 3.99. The molecule has 2 heteroatoms. The van der Waals surface area contributed by atoms with Gasteiger partial charge in [0.25, 0.3) is 0 Å². The standard InChI is InChI=1S/C10H8ClO/c11-7-1-2-9-3-5-10(8-12)6-4-9/h3-6H,2,8H2. The maximum Gasteiger partial charge on any atom is 0.107 e. The van der Waals surface area contributed by atoms with E-state index >= 15 is 0 Å². The lowest BCUT2D eigenvalue weighted by Crippen LogP contribution is -1.84. The van der Waals surface area contributed by atoms with Crippen LogP contribution in [-0.2, 0) is 18.1 Å². The van der Waals surface area contributed by atoms with Gasteiger partial charge in [-0.3, -0.25) is 0 Å². The van der Waals surface area contributed by atoms with Crippen LogP contribution in [0.4, 0.5) is 0 Å². The Labute approximate surface area is 77.0 Å². The molecular formula is C10H8ClO. The molecule has 0 unspecified atom stereocenters. The first-order valence-electron chi connectivity index (χ1n) is 3.61. The second-order valence-electron chi connectivity index (χ2n) is 2.41. The van der Waals surface area contributed by atoms with Crippen LogP contribution < -0.4 is 0 Å². The van der Waals surface area contributed by atoms with E-state index in [-0.39, 0.29) is 6.61 Å². The SMILES string of the molecule is [O]Cc1ccc(CC#CCl)cc1. The third-order valence-corrected chi connectivity index (χ3v) is 1.68. The maximum atomic E-state index is 10.4. The Balaban J connectivity index is 2.69. The van der Waals surface area contributed by atoms with Crippen molar-refractivity contribution >= 4 is 11.6 Å². The summed E-state index contributed by atoms with van der Waals surface area (Å²) in [4.78, 5) is 0.